The first-order valence-electron chi connectivity index (χ1n) is 16.4. The highest BCUT2D eigenvalue weighted by Crippen LogP contribution is 2.43. The molecule has 0 fully saturated rings. The van der Waals surface area contributed by atoms with Gasteiger partial charge in [-0.15, -0.1) is 0 Å². The summed E-state index contributed by atoms with van der Waals surface area (Å²) in [6.07, 6.45) is 8.92. The smallest absolute Gasteiger partial charge is 0.359 e. The van der Waals surface area contributed by atoms with Crippen molar-refractivity contribution in [1.82, 2.24) is 9.78 Å². The van der Waals surface area contributed by atoms with Gasteiger partial charge in [-0.05, 0) is 75.6 Å². The number of nitrogens with zero attached hydrogens (tertiary/aromatic N) is 5. The zero-order chi connectivity index (χ0) is 32.3. The number of ether oxygens (including phenoxy) is 3. The highest BCUT2D eigenvalue weighted by atomic mass is 16.5. The number of anilines is 1. The van der Waals surface area contributed by atoms with Crippen LogP contribution < -0.4 is 14.4 Å². The quantitative estimate of drug-likeness (QED) is 0.111. The fraction of sp³-hybridized carbons (Fsp3) is 0.500. The molecule has 2 aromatic carbocycles. The SMILES string of the molecule is CCCCCCCCOC(=O)c1nn2c(c1-c1cc(OC)ccc1OC)N=C(C)C2=Nc1ccc(N(CC)CCCC)cc1C. The maximum atomic E-state index is 13.6. The molecular formula is C36H49N5O4. The molecule has 0 bridgehead atoms. The van der Waals surface area contributed by atoms with Gasteiger partial charge < -0.3 is 19.1 Å². The van der Waals surface area contributed by atoms with Gasteiger partial charge in [-0.3, -0.25) is 0 Å². The molecule has 3 aromatic rings. The molecule has 45 heavy (non-hydrogen) atoms. The molecule has 242 valence electrons. The molecule has 9 nitrogen and oxygen atoms in total. The molecular weight excluding hydrogens is 566 g/mol. The van der Waals surface area contributed by atoms with E-state index >= 15 is 0 Å². The maximum absolute atomic E-state index is 13.6. The van der Waals surface area contributed by atoms with Crippen LogP contribution >= 0.6 is 0 Å². The average molecular weight is 616 g/mol. The number of aryl methyl sites for hydroxylation is 1. The lowest BCUT2D eigenvalue weighted by Gasteiger charge is -2.23. The predicted molar refractivity (Wildman–Crippen MR) is 184 cm³/mol. The van der Waals surface area contributed by atoms with Crippen molar-refractivity contribution in [3.05, 3.63) is 47.7 Å². The van der Waals surface area contributed by atoms with Crippen molar-refractivity contribution in [2.45, 2.75) is 86.0 Å². The molecule has 0 saturated carbocycles. The van der Waals surface area contributed by atoms with Gasteiger partial charge in [-0.1, -0.05) is 52.4 Å². The van der Waals surface area contributed by atoms with Gasteiger partial charge in [0.05, 0.1) is 37.8 Å². The van der Waals surface area contributed by atoms with Gasteiger partial charge in [0.1, 0.15) is 11.5 Å². The number of methoxy groups -OCH3 is 2. The van der Waals surface area contributed by atoms with Gasteiger partial charge >= 0.3 is 5.97 Å². The Labute approximate surface area is 268 Å². The lowest BCUT2D eigenvalue weighted by molar-refractivity contribution is 0.0491. The first kappa shape index (κ1) is 33.7. The summed E-state index contributed by atoms with van der Waals surface area (Å²) in [6, 6.07) is 11.8. The minimum absolute atomic E-state index is 0.174. The molecule has 1 aliphatic heterocycles. The fourth-order valence-electron chi connectivity index (χ4n) is 5.56. The second-order valence-corrected chi connectivity index (χ2v) is 11.5. The lowest BCUT2D eigenvalue weighted by atomic mass is 10.0. The summed E-state index contributed by atoms with van der Waals surface area (Å²) < 4.78 is 18.6. The zero-order valence-electron chi connectivity index (χ0n) is 28.1. The van der Waals surface area contributed by atoms with Crippen LogP contribution in [0.1, 0.15) is 95.1 Å². The molecule has 0 aliphatic carbocycles. The fourth-order valence-corrected chi connectivity index (χ4v) is 5.56. The van der Waals surface area contributed by atoms with Gasteiger partial charge in [0.25, 0.3) is 0 Å². The summed E-state index contributed by atoms with van der Waals surface area (Å²) in [5, 5.41) is 4.78. The molecule has 0 N–H and O–H groups in total. The van der Waals surface area contributed by atoms with E-state index in [0.717, 1.165) is 56.4 Å². The van der Waals surface area contributed by atoms with Crippen LogP contribution in [0, 0.1) is 6.92 Å². The Morgan fingerprint density at radius 2 is 1.67 bits per heavy atom. The van der Waals surface area contributed by atoms with E-state index in [0.29, 0.717) is 46.6 Å². The van der Waals surface area contributed by atoms with E-state index < -0.39 is 5.97 Å². The monoisotopic (exact) mass is 615 g/mol. The van der Waals surface area contributed by atoms with E-state index in [1.807, 2.05) is 31.2 Å². The maximum Gasteiger partial charge on any atom is 0.359 e. The number of hydrogen-bond donors (Lipinski definition) is 0. The van der Waals surface area contributed by atoms with Crippen LogP contribution in [0.4, 0.5) is 17.2 Å². The summed E-state index contributed by atoms with van der Waals surface area (Å²) in [5.41, 5.74) is 5.12. The number of carbonyl (C=O) groups excluding carboxylic acids is 1. The van der Waals surface area contributed by atoms with Gasteiger partial charge in [0.15, 0.2) is 17.3 Å². The Bertz CT molecular complexity index is 1520. The molecule has 1 aliphatic rings. The molecule has 4 rings (SSSR count). The van der Waals surface area contributed by atoms with E-state index in [4.69, 9.17) is 29.3 Å². The molecule has 1 aromatic heterocycles. The van der Waals surface area contributed by atoms with Crippen LogP contribution in [0.15, 0.2) is 46.4 Å². The Kier molecular flexibility index (Phi) is 12.2. The Morgan fingerprint density at radius 3 is 2.36 bits per heavy atom. The normalized spacial score (nSPS) is 13.1. The Morgan fingerprint density at radius 1 is 0.911 bits per heavy atom. The third kappa shape index (κ3) is 7.93. The summed E-state index contributed by atoms with van der Waals surface area (Å²) >= 11 is 0. The van der Waals surface area contributed by atoms with Crippen molar-refractivity contribution >= 4 is 34.7 Å². The summed E-state index contributed by atoms with van der Waals surface area (Å²) in [6.45, 7) is 12.9. The number of benzene rings is 2. The summed E-state index contributed by atoms with van der Waals surface area (Å²) in [7, 11) is 3.20. The first-order valence-corrected chi connectivity index (χ1v) is 16.4. The second kappa shape index (κ2) is 16.3. The van der Waals surface area contributed by atoms with E-state index in [2.05, 4.69) is 44.7 Å². The van der Waals surface area contributed by atoms with Gasteiger partial charge in [-0.2, -0.15) is 9.78 Å². The molecule has 0 saturated heterocycles. The van der Waals surface area contributed by atoms with Crippen molar-refractivity contribution in [3.8, 4) is 22.6 Å². The average Bonchev–Trinajstić information content (AvgIpc) is 3.56. The van der Waals surface area contributed by atoms with Crippen LogP contribution in [0.3, 0.4) is 0 Å². The van der Waals surface area contributed by atoms with E-state index in [1.165, 1.54) is 24.9 Å². The molecule has 0 amide bonds. The predicted octanol–water partition coefficient (Wildman–Crippen LogP) is 8.70. The number of aromatic nitrogens is 2. The molecule has 0 unspecified atom stereocenters. The number of aliphatic imine (C=N–C) groups is 2. The third-order valence-electron chi connectivity index (χ3n) is 8.19. The van der Waals surface area contributed by atoms with Crippen LogP contribution in [0.2, 0.25) is 0 Å². The Hall–Kier alpha value is -4.14. The molecule has 0 radical (unpaired) electrons. The molecule has 0 atom stereocenters. The van der Waals surface area contributed by atoms with Crippen molar-refractivity contribution in [2.75, 3.05) is 38.8 Å². The molecule has 0 spiro atoms. The molecule has 2 heterocycles. The topological polar surface area (TPSA) is 90.5 Å². The zero-order valence-corrected chi connectivity index (χ0v) is 28.1. The third-order valence-corrected chi connectivity index (χ3v) is 8.19. The Balaban J connectivity index is 1.72. The van der Waals surface area contributed by atoms with Gasteiger partial charge in [-0.25, -0.2) is 14.8 Å². The van der Waals surface area contributed by atoms with Crippen molar-refractivity contribution in [2.24, 2.45) is 9.98 Å². The summed E-state index contributed by atoms with van der Waals surface area (Å²) in [5.74, 6) is 1.78. The largest absolute Gasteiger partial charge is 0.497 e. The molecule has 9 heteroatoms. The second-order valence-electron chi connectivity index (χ2n) is 11.5. The van der Waals surface area contributed by atoms with E-state index in [1.54, 1.807) is 18.9 Å². The highest BCUT2D eigenvalue weighted by Gasteiger charge is 2.33. The summed E-state index contributed by atoms with van der Waals surface area (Å²) in [4.78, 5) is 25.9. The van der Waals surface area contributed by atoms with Crippen LogP contribution in [0.5, 0.6) is 11.5 Å². The van der Waals surface area contributed by atoms with E-state index in [-0.39, 0.29) is 5.69 Å². The number of esters is 1. The minimum Gasteiger partial charge on any atom is -0.497 e. The van der Waals surface area contributed by atoms with Crippen LogP contribution in [0.25, 0.3) is 11.1 Å². The van der Waals surface area contributed by atoms with Gasteiger partial charge in [0, 0.05) is 24.3 Å². The minimum atomic E-state index is -0.496. The van der Waals surface area contributed by atoms with Crippen LogP contribution in [-0.4, -0.2) is 61.2 Å². The van der Waals surface area contributed by atoms with Gasteiger partial charge in [0.2, 0.25) is 0 Å². The number of rotatable bonds is 17. The number of unbranched alkanes of at least 4 members (excludes halogenated alkanes) is 6. The number of fused-ring (bicyclic) bond motifs is 1. The first-order chi connectivity index (χ1) is 21.9. The number of hydrogen-bond acceptors (Lipinski definition) is 8. The highest BCUT2D eigenvalue weighted by molar-refractivity contribution is 6.44. The number of carbonyl (C=O) groups is 1. The van der Waals surface area contributed by atoms with Crippen molar-refractivity contribution in [1.29, 1.82) is 0 Å². The van der Waals surface area contributed by atoms with Crippen molar-refractivity contribution < 1.29 is 19.0 Å². The lowest BCUT2D eigenvalue weighted by Crippen LogP contribution is -2.23. The van der Waals surface area contributed by atoms with Crippen molar-refractivity contribution in [3.63, 3.8) is 0 Å². The van der Waals surface area contributed by atoms with E-state index in [9.17, 15) is 4.79 Å². The van der Waals surface area contributed by atoms with Crippen LogP contribution in [-0.2, 0) is 4.74 Å². The standard InChI is InChI=1S/C36H49N5O4/c1-8-11-13-14-15-16-22-45-36(42)33-32(29-24-28(43-6)18-20-31(29)44-7)35-37-26(5)34(41(35)39-33)38-30-19-17-27(23-25(30)4)40(10-3)21-12-9-2/h17-20,23-24H,8-16,21-22H2,1-7H3.